The molecule has 3 heterocycles. The topological polar surface area (TPSA) is 64.2 Å². The van der Waals surface area contributed by atoms with Crippen LogP contribution in [0.5, 0.6) is 0 Å². The quantitative estimate of drug-likeness (QED) is 0.629. The van der Waals surface area contributed by atoms with Gasteiger partial charge in [-0.3, -0.25) is 9.48 Å². The Balaban J connectivity index is 1.48. The number of rotatable bonds is 4. The van der Waals surface area contributed by atoms with Gasteiger partial charge in [0.2, 0.25) is 0 Å². The van der Waals surface area contributed by atoms with Gasteiger partial charge in [0.05, 0.1) is 23.9 Å². The largest absolute Gasteiger partial charge is 0.318 e. The standard InChI is InChI=1S/C18H15N5O/c24-18(17-10-16-8-4-5-9-23(16)21-17)20-15-11-19-22(13-15)12-14-6-2-1-3-7-14/h1-11,13H,12H2,(H,20,24). The highest BCUT2D eigenvalue weighted by atomic mass is 16.2. The molecule has 1 aromatic carbocycles. The molecule has 0 radical (unpaired) electrons. The fraction of sp³-hybridized carbons (Fsp3) is 0.0556. The number of carbonyl (C=O) groups excluding carboxylic acids is 1. The van der Waals surface area contributed by atoms with E-state index < -0.39 is 0 Å². The summed E-state index contributed by atoms with van der Waals surface area (Å²) < 4.78 is 3.46. The molecule has 24 heavy (non-hydrogen) atoms. The van der Waals surface area contributed by atoms with E-state index in [1.807, 2.05) is 54.7 Å². The van der Waals surface area contributed by atoms with Crippen molar-refractivity contribution in [1.82, 2.24) is 19.4 Å². The molecule has 118 valence electrons. The molecule has 0 saturated heterocycles. The molecule has 0 unspecified atom stereocenters. The van der Waals surface area contributed by atoms with Crippen LogP contribution >= 0.6 is 0 Å². The minimum Gasteiger partial charge on any atom is -0.318 e. The maximum atomic E-state index is 12.3. The van der Waals surface area contributed by atoms with Crippen molar-refractivity contribution in [3.8, 4) is 0 Å². The molecule has 0 spiro atoms. The molecular weight excluding hydrogens is 302 g/mol. The Morgan fingerprint density at radius 2 is 1.92 bits per heavy atom. The van der Waals surface area contributed by atoms with Crippen molar-refractivity contribution in [3.63, 3.8) is 0 Å². The van der Waals surface area contributed by atoms with E-state index in [9.17, 15) is 4.79 Å². The summed E-state index contributed by atoms with van der Waals surface area (Å²) in [6.45, 7) is 0.658. The lowest BCUT2D eigenvalue weighted by Gasteiger charge is -2.01. The van der Waals surface area contributed by atoms with Gasteiger partial charge in [-0.25, -0.2) is 4.52 Å². The number of anilines is 1. The van der Waals surface area contributed by atoms with E-state index >= 15 is 0 Å². The van der Waals surface area contributed by atoms with Crippen molar-refractivity contribution >= 4 is 17.1 Å². The van der Waals surface area contributed by atoms with Crippen LogP contribution < -0.4 is 5.32 Å². The molecule has 0 atom stereocenters. The number of nitrogens with zero attached hydrogens (tertiary/aromatic N) is 4. The van der Waals surface area contributed by atoms with Crippen molar-refractivity contribution in [2.45, 2.75) is 6.54 Å². The third-order valence-electron chi connectivity index (χ3n) is 3.68. The molecule has 4 rings (SSSR count). The SMILES string of the molecule is O=C(Nc1cnn(Cc2ccccc2)c1)c1cc2ccccn2n1. The van der Waals surface area contributed by atoms with Crippen LogP contribution in [-0.2, 0) is 6.54 Å². The predicted molar refractivity (Wildman–Crippen MR) is 90.9 cm³/mol. The van der Waals surface area contributed by atoms with Gasteiger partial charge in [-0.15, -0.1) is 0 Å². The fourth-order valence-electron chi connectivity index (χ4n) is 2.53. The summed E-state index contributed by atoms with van der Waals surface area (Å²) in [5.41, 5.74) is 3.05. The maximum absolute atomic E-state index is 12.3. The summed E-state index contributed by atoms with van der Waals surface area (Å²) in [6, 6.07) is 17.5. The number of hydrogen-bond acceptors (Lipinski definition) is 3. The molecule has 0 fully saturated rings. The van der Waals surface area contributed by atoms with Gasteiger partial charge in [-0.05, 0) is 23.8 Å². The Bertz CT molecular complexity index is 954. The normalized spacial score (nSPS) is 10.8. The Hall–Kier alpha value is -3.41. The molecule has 6 heteroatoms. The molecule has 0 aliphatic carbocycles. The third kappa shape index (κ3) is 2.89. The van der Waals surface area contributed by atoms with Crippen LogP contribution in [0.1, 0.15) is 16.1 Å². The molecule has 0 saturated carbocycles. The fourth-order valence-corrected chi connectivity index (χ4v) is 2.53. The monoisotopic (exact) mass is 317 g/mol. The van der Waals surface area contributed by atoms with Gasteiger partial charge >= 0.3 is 0 Å². The predicted octanol–water partition coefficient (Wildman–Crippen LogP) is 2.83. The highest BCUT2D eigenvalue weighted by Gasteiger charge is 2.12. The van der Waals surface area contributed by atoms with Crippen molar-refractivity contribution in [2.24, 2.45) is 0 Å². The minimum atomic E-state index is -0.252. The molecule has 1 N–H and O–H groups in total. The lowest BCUT2D eigenvalue weighted by Crippen LogP contribution is -2.12. The van der Waals surface area contributed by atoms with Gasteiger partial charge in [-0.2, -0.15) is 10.2 Å². The van der Waals surface area contributed by atoms with Crippen LogP contribution in [0.25, 0.3) is 5.52 Å². The zero-order valence-electron chi connectivity index (χ0n) is 12.8. The van der Waals surface area contributed by atoms with E-state index in [-0.39, 0.29) is 5.91 Å². The van der Waals surface area contributed by atoms with Crippen LogP contribution in [0.15, 0.2) is 73.2 Å². The van der Waals surface area contributed by atoms with Crippen LogP contribution in [0.2, 0.25) is 0 Å². The second-order valence-corrected chi connectivity index (χ2v) is 5.47. The number of aromatic nitrogens is 4. The summed E-state index contributed by atoms with van der Waals surface area (Å²) in [6.07, 6.45) is 5.25. The van der Waals surface area contributed by atoms with Gasteiger partial charge in [0.15, 0.2) is 5.69 Å². The number of benzene rings is 1. The van der Waals surface area contributed by atoms with Crippen LogP contribution in [-0.4, -0.2) is 25.3 Å². The molecule has 1 amide bonds. The average Bonchev–Trinajstić information content (AvgIpc) is 3.22. The van der Waals surface area contributed by atoms with Gasteiger partial charge in [-0.1, -0.05) is 36.4 Å². The van der Waals surface area contributed by atoms with E-state index in [0.717, 1.165) is 11.1 Å². The van der Waals surface area contributed by atoms with Crippen LogP contribution in [0.3, 0.4) is 0 Å². The zero-order valence-corrected chi connectivity index (χ0v) is 12.8. The highest BCUT2D eigenvalue weighted by Crippen LogP contribution is 2.11. The van der Waals surface area contributed by atoms with E-state index in [1.54, 1.807) is 27.7 Å². The van der Waals surface area contributed by atoms with Crippen molar-refractivity contribution in [3.05, 3.63) is 84.4 Å². The van der Waals surface area contributed by atoms with Crippen LogP contribution in [0, 0.1) is 0 Å². The Kier molecular flexibility index (Phi) is 3.55. The first-order valence-corrected chi connectivity index (χ1v) is 7.60. The maximum Gasteiger partial charge on any atom is 0.276 e. The smallest absolute Gasteiger partial charge is 0.276 e. The number of hydrogen-bond donors (Lipinski definition) is 1. The van der Waals surface area contributed by atoms with Crippen LogP contribution in [0.4, 0.5) is 5.69 Å². The Labute approximate surface area is 138 Å². The van der Waals surface area contributed by atoms with E-state index in [4.69, 9.17) is 0 Å². The Morgan fingerprint density at radius 1 is 1.08 bits per heavy atom. The molecule has 0 aliphatic heterocycles. The van der Waals surface area contributed by atoms with Gasteiger partial charge in [0.1, 0.15) is 0 Å². The molecule has 0 bridgehead atoms. The molecule has 0 aliphatic rings. The first kappa shape index (κ1) is 14.2. The summed E-state index contributed by atoms with van der Waals surface area (Å²) in [5, 5.41) is 11.4. The van der Waals surface area contributed by atoms with Crippen molar-refractivity contribution in [2.75, 3.05) is 5.32 Å². The second-order valence-electron chi connectivity index (χ2n) is 5.47. The summed E-state index contributed by atoms with van der Waals surface area (Å²) in [5.74, 6) is -0.252. The van der Waals surface area contributed by atoms with Gasteiger partial charge < -0.3 is 5.32 Å². The van der Waals surface area contributed by atoms with Gasteiger partial charge in [0.25, 0.3) is 5.91 Å². The van der Waals surface area contributed by atoms with Gasteiger partial charge in [0, 0.05) is 12.4 Å². The summed E-state index contributed by atoms with van der Waals surface area (Å²) in [7, 11) is 0. The van der Waals surface area contributed by atoms with E-state index in [1.165, 1.54) is 0 Å². The molecule has 3 aromatic heterocycles. The lowest BCUT2D eigenvalue weighted by molar-refractivity contribution is 0.102. The summed E-state index contributed by atoms with van der Waals surface area (Å²) >= 11 is 0. The highest BCUT2D eigenvalue weighted by molar-refractivity contribution is 6.03. The Morgan fingerprint density at radius 3 is 2.75 bits per heavy atom. The van der Waals surface area contributed by atoms with E-state index in [0.29, 0.717) is 17.9 Å². The average molecular weight is 317 g/mol. The van der Waals surface area contributed by atoms with E-state index in [2.05, 4.69) is 15.5 Å². The second kappa shape index (κ2) is 6.00. The first-order valence-electron chi connectivity index (χ1n) is 7.60. The number of amides is 1. The number of fused-ring (bicyclic) bond motifs is 1. The molecule has 6 nitrogen and oxygen atoms in total. The number of pyridine rings is 1. The zero-order chi connectivity index (χ0) is 16.4. The number of nitrogens with one attached hydrogen (secondary N) is 1. The number of carbonyl (C=O) groups is 1. The third-order valence-corrected chi connectivity index (χ3v) is 3.68. The summed E-state index contributed by atoms with van der Waals surface area (Å²) in [4.78, 5) is 12.3. The first-order chi connectivity index (χ1) is 11.8. The lowest BCUT2D eigenvalue weighted by atomic mass is 10.2. The molecule has 4 aromatic rings. The van der Waals surface area contributed by atoms with Crippen molar-refractivity contribution < 1.29 is 4.79 Å². The minimum absolute atomic E-state index is 0.252. The van der Waals surface area contributed by atoms with Crippen molar-refractivity contribution in [1.29, 1.82) is 0 Å². The molecular formula is C18H15N5O.